The highest BCUT2D eigenvalue weighted by atomic mass is 32.2. The lowest BCUT2D eigenvalue weighted by Crippen LogP contribution is -2.34. The van der Waals surface area contributed by atoms with Crippen LogP contribution in [-0.4, -0.2) is 44.5 Å². The largest absolute Gasteiger partial charge is 0.508 e. The fraction of sp³-hybridized carbons (Fsp3) is 0.417. The standard InChI is InChI=1S/C12H17NO5S/c1-9(12(15)18-3)8-13(2)19(16,17)11-6-4-10(14)5-7-11/h4-7,9,14H,8H2,1-3H3. The molecule has 0 bridgehead atoms. The molecular weight excluding hydrogens is 270 g/mol. The summed E-state index contributed by atoms with van der Waals surface area (Å²) >= 11 is 0. The molecule has 1 atom stereocenters. The smallest absolute Gasteiger partial charge is 0.309 e. The molecule has 0 aliphatic rings. The normalized spacial score (nSPS) is 13.3. The number of aromatic hydroxyl groups is 1. The summed E-state index contributed by atoms with van der Waals surface area (Å²) in [6.45, 7) is 1.62. The summed E-state index contributed by atoms with van der Waals surface area (Å²) in [7, 11) is -1.03. The van der Waals surface area contributed by atoms with Gasteiger partial charge in [0.25, 0.3) is 0 Å². The second-order valence-electron chi connectivity index (χ2n) is 4.20. The molecule has 0 radical (unpaired) electrons. The van der Waals surface area contributed by atoms with Crippen LogP contribution >= 0.6 is 0 Å². The Kier molecular flexibility index (Phi) is 4.90. The Labute approximate surface area is 112 Å². The zero-order valence-corrected chi connectivity index (χ0v) is 11.8. The van der Waals surface area contributed by atoms with Crippen molar-refractivity contribution in [1.82, 2.24) is 4.31 Å². The molecule has 1 unspecified atom stereocenters. The molecule has 19 heavy (non-hydrogen) atoms. The molecule has 0 saturated heterocycles. The van der Waals surface area contributed by atoms with E-state index in [-0.39, 0.29) is 17.2 Å². The van der Waals surface area contributed by atoms with Crippen LogP contribution in [0.5, 0.6) is 5.75 Å². The van der Waals surface area contributed by atoms with Crippen LogP contribution in [0.4, 0.5) is 0 Å². The molecule has 0 fully saturated rings. The molecule has 0 spiro atoms. The van der Waals surface area contributed by atoms with Crippen molar-refractivity contribution < 1.29 is 23.1 Å². The van der Waals surface area contributed by atoms with E-state index >= 15 is 0 Å². The van der Waals surface area contributed by atoms with Crippen molar-refractivity contribution in [1.29, 1.82) is 0 Å². The molecule has 0 saturated carbocycles. The van der Waals surface area contributed by atoms with E-state index in [9.17, 15) is 13.2 Å². The highest BCUT2D eigenvalue weighted by Crippen LogP contribution is 2.18. The minimum atomic E-state index is -3.68. The third-order valence-electron chi connectivity index (χ3n) is 2.68. The van der Waals surface area contributed by atoms with Gasteiger partial charge >= 0.3 is 5.97 Å². The van der Waals surface area contributed by atoms with E-state index in [0.717, 1.165) is 4.31 Å². The van der Waals surface area contributed by atoms with E-state index in [2.05, 4.69) is 4.74 Å². The molecule has 0 amide bonds. The monoisotopic (exact) mass is 287 g/mol. The van der Waals surface area contributed by atoms with Gasteiger partial charge in [0.2, 0.25) is 10.0 Å². The number of ether oxygens (including phenoxy) is 1. The SMILES string of the molecule is COC(=O)C(C)CN(C)S(=O)(=O)c1ccc(O)cc1. The summed E-state index contributed by atoms with van der Waals surface area (Å²) in [4.78, 5) is 11.3. The third kappa shape index (κ3) is 3.68. The van der Waals surface area contributed by atoms with Crippen LogP contribution in [0, 0.1) is 5.92 Å². The van der Waals surface area contributed by atoms with Crippen molar-refractivity contribution in [2.75, 3.05) is 20.7 Å². The summed E-state index contributed by atoms with van der Waals surface area (Å²) in [5.74, 6) is -1.03. The highest BCUT2D eigenvalue weighted by Gasteiger charge is 2.25. The van der Waals surface area contributed by atoms with Gasteiger partial charge in [0.05, 0.1) is 17.9 Å². The van der Waals surface area contributed by atoms with E-state index < -0.39 is 21.9 Å². The second-order valence-corrected chi connectivity index (χ2v) is 6.25. The number of esters is 1. The Balaban J connectivity index is 2.88. The van der Waals surface area contributed by atoms with Crippen molar-refractivity contribution >= 4 is 16.0 Å². The Morgan fingerprint density at radius 2 is 1.89 bits per heavy atom. The van der Waals surface area contributed by atoms with E-state index in [0.29, 0.717) is 0 Å². The van der Waals surface area contributed by atoms with E-state index in [1.165, 1.54) is 38.4 Å². The number of sulfonamides is 1. The molecule has 6 nitrogen and oxygen atoms in total. The highest BCUT2D eigenvalue weighted by molar-refractivity contribution is 7.89. The van der Waals surface area contributed by atoms with Crippen LogP contribution < -0.4 is 0 Å². The summed E-state index contributed by atoms with van der Waals surface area (Å²) in [6, 6.07) is 5.21. The zero-order chi connectivity index (χ0) is 14.6. The molecular formula is C12H17NO5S. The number of methoxy groups -OCH3 is 1. The first-order valence-corrected chi connectivity index (χ1v) is 7.06. The van der Waals surface area contributed by atoms with Gasteiger partial charge < -0.3 is 9.84 Å². The summed E-state index contributed by atoms with van der Waals surface area (Å²) < 4.78 is 30.0. The van der Waals surface area contributed by atoms with Gasteiger partial charge in [-0.05, 0) is 24.3 Å². The lowest BCUT2D eigenvalue weighted by atomic mass is 10.2. The van der Waals surface area contributed by atoms with Crippen molar-refractivity contribution in [3.63, 3.8) is 0 Å². The fourth-order valence-corrected chi connectivity index (χ4v) is 2.82. The molecule has 7 heteroatoms. The lowest BCUT2D eigenvalue weighted by molar-refractivity contribution is -0.144. The van der Waals surface area contributed by atoms with Crippen LogP contribution in [0.3, 0.4) is 0 Å². The minimum absolute atomic E-state index is 0.00969. The number of phenolic OH excluding ortho intramolecular Hbond substituents is 1. The summed E-state index contributed by atoms with van der Waals surface area (Å²) in [5.41, 5.74) is 0. The number of phenols is 1. The number of hydrogen-bond donors (Lipinski definition) is 1. The quantitative estimate of drug-likeness (QED) is 0.811. The Hall–Kier alpha value is -1.60. The Bertz CT molecular complexity index is 538. The number of nitrogens with zero attached hydrogens (tertiary/aromatic N) is 1. The van der Waals surface area contributed by atoms with Gasteiger partial charge in [-0.1, -0.05) is 6.92 Å². The molecule has 1 aromatic rings. The summed E-state index contributed by atoms with van der Waals surface area (Å²) in [5, 5.41) is 9.14. The van der Waals surface area contributed by atoms with Gasteiger partial charge in [-0.25, -0.2) is 12.7 Å². The molecule has 1 N–H and O–H groups in total. The number of rotatable bonds is 5. The van der Waals surface area contributed by atoms with Crippen LogP contribution in [0.1, 0.15) is 6.92 Å². The Morgan fingerprint density at radius 3 is 2.37 bits per heavy atom. The lowest BCUT2D eigenvalue weighted by Gasteiger charge is -2.20. The predicted molar refractivity (Wildman–Crippen MR) is 69.1 cm³/mol. The molecule has 1 rings (SSSR count). The van der Waals surface area contributed by atoms with Crippen LogP contribution in [0.2, 0.25) is 0 Å². The van der Waals surface area contributed by atoms with Crippen molar-refractivity contribution in [2.24, 2.45) is 5.92 Å². The van der Waals surface area contributed by atoms with Gasteiger partial charge in [-0.2, -0.15) is 0 Å². The molecule has 106 valence electrons. The fourth-order valence-electron chi connectivity index (χ4n) is 1.56. The number of carbonyl (C=O) groups excluding carboxylic acids is 1. The van der Waals surface area contributed by atoms with Crippen molar-refractivity contribution in [2.45, 2.75) is 11.8 Å². The molecule has 0 aromatic heterocycles. The van der Waals surface area contributed by atoms with E-state index in [1.807, 2.05) is 0 Å². The van der Waals surface area contributed by atoms with Gasteiger partial charge in [-0.3, -0.25) is 4.79 Å². The Morgan fingerprint density at radius 1 is 1.37 bits per heavy atom. The second kappa shape index (κ2) is 6.03. The molecule has 1 aromatic carbocycles. The van der Waals surface area contributed by atoms with Gasteiger partial charge in [0.15, 0.2) is 0 Å². The predicted octanol–water partition coefficient (Wildman–Crippen LogP) is 0.822. The van der Waals surface area contributed by atoms with Gasteiger partial charge in [0, 0.05) is 13.6 Å². The van der Waals surface area contributed by atoms with E-state index in [4.69, 9.17) is 5.11 Å². The maximum atomic E-state index is 12.2. The van der Waals surface area contributed by atoms with Crippen LogP contribution in [0.25, 0.3) is 0 Å². The van der Waals surface area contributed by atoms with Crippen molar-refractivity contribution in [3.05, 3.63) is 24.3 Å². The number of carbonyl (C=O) groups is 1. The number of hydrogen-bond acceptors (Lipinski definition) is 5. The maximum absolute atomic E-state index is 12.2. The van der Waals surface area contributed by atoms with Gasteiger partial charge in [0.1, 0.15) is 5.75 Å². The van der Waals surface area contributed by atoms with Gasteiger partial charge in [-0.15, -0.1) is 0 Å². The van der Waals surface area contributed by atoms with E-state index in [1.54, 1.807) is 6.92 Å². The van der Waals surface area contributed by atoms with Crippen LogP contribution in [0.15, 0.2) is 29.2 Å². The maximum Gasteiger partial charge on any atom is 0.309 e. The minimum Gasteiger partial charge on any atom is -0.508 e. The first kappa shape index (κ1) is 15.5. The summed E-state index contributed by atoms with van der Waals surface area (Å²) in [6.07, 6.45) is 0. The van der Waals surface area contributed by atoms with Crippen LogP contribution in [-0.2, 0) is 19.6 Å². The third-order valence-corrected chi connectivity index (χ3v) is 4.52. The first-order valence-electron chi connectivity index (χ1n) is 5.62. The molecule has 0 aliphatic heterocycles. The average Bonchev–Trinajstić information content (AvgIpc) is 2.38. The molecule has 0 heterocycles. The number of benzene rings is 1. The first-order chi connectivity index (χ1) is 8.78. The average molecular weight is 287 g/mol. The van der Waals surface area contributed by atoms with Crippen molar-refractivity contribution in [3.8, 4) is 5.75 Å². The molecule has 0 aliphatic carbocycles. The topological polar surface area (TPSA) is 83.9 Å². The zero-order valence-electron chi connectivity index (χ0n) is 11.0.